The van der Waals surface area contributed by atoms with Crippen molar-refractivity contribution >= 4 is 29.9 Å². The van der Waals surface area contributed by atoms with E-state index >= 15 is 0 Å². The first-order valence-corrected chi connectivity index (χ1v) is 11.4. The van der Waals surface area contributed by atoms with E-state index in [1.54, 1.807) is 4.90 Å². The molecule has 0 spiro atoms. The van der Waals surface area contributed by atoms with Gasteiger partial charge in [0, 0.05) is 44.0 Å². The molecule has 0 bridgehead atoms. The predicted octanol–water partition coefficient (Wildman–Crippen LogP) is 2.07. The van der Waals surface area contributed by atoms with Gasteiger partial charge in [-0.1, -0.05) is 0 Å². The molecule has 2 aliphatic heterocycles. The van der Waals surface area contributed by atoms with Crippen molar-refractivity contribution in [2.75, 3.05) is 55.0 Å². The normalized spacial score (nSPS) is 17.6. The number of fused-ring (bicyclic) bond motifs is 1. The Morgan fingerprint density at radius 2 is 2.06 bits per heavy atom. The molecule has 1 unspecified atom stereocenters. The molecule has 0 radical (unpaired) electrons. The first-order valence-electron chi connectivity index (χ1n) is 11.4. The van der Waals surface area contributed by atoms with E-state index in [0.717, 1.165) is 75.9 Å². The zero-order valence-electron chi connectivity index (χ0n) is 19.1. The van der Waals surface area contributed by atoms with Gasteiger partial charge < -0.3 is 20.0 Å². The number of hydrogen-bond acceptors (Lipinski definition) is 6. The minimum atomic E-state index is 0.265. The van der Waals surface area contributed by atoms with Crippen LogP contribution in [0.5, 0.6) is 0 Å². The van der Waals surface area contributed by atoms with E-state index < -0.39 is 0 Å². The molecule has 1 atom stereocenters. The fourth-order valence-corrected chi connectivity index (χ4v) is 4.88. The summed E-state index contributed by atoms with van der Waals surface area (Å²) >= 11 is 0. The van der Waals surface area contributed by atoms with Crippen molar-refractivity contribution in [3.05, 3.63) is 17.7 Å². The van der Waals surface area contributed by atoms with Crippen LogP contribution < -0.4 is 25.5 Å². The van der Waals surface area contributed by atoms with E-state index in [1.165, 1.54) is 11.3 Å². The van der Waals surface area contributed by atoms with E-state index in [9.17, 15) is 9.59 Å². The number of benzene rings is 1. The quantitative estimate of drug-likeness (QED) is 0.317. The molecule has 2 heterocycles. The summed E-state index contributed by atoms with van der Waals surface area (Å²) in [5.74, 6) is 0. The molecule has 0 aromatic heterocycles. The van der Waals surface area contributed by atoms with Crippen molar-refractivity contribution in [1.29, 1.82) is 0 Å². The molecule has 1 saturated heterocycles. The van der Waals surface area contributed by atoms with Gasteiger partial charge in [-0.15, -0.1) is 0 Å². The van der Waals surface area contributed by atoms with Gasteiger partial charge in [-0.05, 0) is 70.7 Å². The highest BCUT2D eigenvalue weighted by Crippen LogP contribution is 2.42. The lowest BCUT2D eigenvalue weighted by molar-refractivity contribution is -0.120. The zero-order valence-corrected chi connectivity index (χ0v) is 19.1. The second-order valence-electron chi connectivity index (χ2n) is 8.61. The maximum absolute atomic E-state index is 11.8. The van der Waals surface area contributed by atoms with Crippen LogP contribution in [0.3, 0.4) is 0 Å². The lowest BCUT2D eigenvalue weighted by atomic mass is 9.93. The average molecular weight is 432 g/mol. The molecule has 1 aromatic rings. The number of carbonyl (C=O) groups excluding carboxylic acids is 2. The van der Waals surface area contributed by atoms with Crippen molar-refractivity contribution in [2.24, 2.45) is 0 Å². The van der Waals surface area contributed by atoms with Crippen LogP contribution in [0.1, 0.15) is 44.6 Å². The van der Waals surface area contributed by atoms with E-state index in [4.69, 9.17) is 4.84 Å². The Morgan fingerprint density at radius 3 is 2.77 bits per heavy atom. The number of nitrogens with zero attached hydrogens (tertiary/aromatic N) is 3. The second-order valence-corrected chi connectivity index (χ2v) is 8.61. The van der Waals surface area contributed by atoms with Crippen molar-refractivity contribution in [3.63, 3.8) is 0 Å². The number of anilines is 3. The molecule has 2 aliphatic rings. The molecule has 1 aromatic carbocycles. The Balaban J connectivity index is 1.84. The monoisotopic (exact) mass is 431 g/mol. The molecule has 0 saturated carbocycles. The highest BCUT2D eigenvalue weighted by Gasteiger charge is 2.30. The Bertz CT molecular complexity index is 738. The van der Waals surface area contributed by atoms with Gasteiger partial charge in [-0.2, -0.15) is 0 Å². The lowest BCUT2D eigenvalue weighted by Gasteiger charge is -2.42. The number of piperidine rings is 1. The fraction of sp³-hybridized carbons (Fsp3) is 0.652. The summed E-state index contributed by atoms with van der Waals surface area (Å²) in [6, 6.07) is 5.26. The van der Waals surface area contributed by atoms with Gasteiger partial charge in [0.2, 0.25) is 12.8 Å². The molecule has 172 valence electrons. The molecule has 2 N–H and O–H groups in total. The van der Waals surface area contributed by atoms with Gasteiger partial charge in [0.05, 0.1) is 18.0 Å². The zero-order chi connectivity index (χ0) is 22.2. The molecule has 0 aliphatic carbocycles. The smallest absolute Gasteiger partial charge is 0.230 e. The number of hydroxylamine groups is 1. The molecule has 2 amide bonds. The number of nitrogens with one attached hydrogen (secondary N) is 2. The Labute approximate surface area is 185 Å². The third-order valence-electron chi connectivity index (χ3n) is 6.67. The van der Waals surface area contributed by atoms with E-state index in [0.29, 0.717) is 19.1 Å². The maximum atomic E-state index is 11.8. The van der Waals surface area contributed by atoms with Gasteiger partial charge >= 0.3 is 0 Å². The van der Waals surface area contributed by atoms with Crippen LogP contribution in [-0.2, 0) is 20.8 Å². The Kier molecular flexibility index (Phi) is 8.54. The summed E-state index contributed by atoms with van der Waals surface area (Å²) in [5, 5.41) is 3.46. The van der Waals surface area contributed by atoms with Crippen LogP contribution in [0.25, 0.3) is 0 Å². The van der Waals surface area contributed by atoms with Gasteiger partial charge in [-0.3, -0.25) is 14.4 Å². The molecule has 3 rings (SSSR count). The topological polar surface area (TPSA) is 77.2 Å². The summed E-state index contributed by atoms with van der Waals surface area (Å²) in [4.78, 5) is 33.7. The van der Waals surface area contributed by atoms with Crippen molar-refractivity contribution in [2.45, 2.75) is 57.5 Å². The van der Waals surface area contributed by atoms with E-state index in [2.05, 4.69) is 46.7 Å². The first kappa shape index (κ1) is 23.3. The highest BCUT2D eigenvalue weighted by atomic mass is 16.6. The molecular formula is C23H37N5O3. The largest absolute Gasteiger partial charge is 0.370 e. The highest BCUT2D eigenvalue weighted by molar-refractivity contribution is 5.89. The van der Waals surface area contributed by atoms with Crippen LogP contribution >= 0.6 is 0 Å². The molecule has 31 heavy (non-hydrogen) atoms. The first-order chi connectivity index (χ1) is 15.1. The molecule has 1 fully saturated rings. The van der Waals surface area contributed by atoms with Crippen LogP contribution in [0.15, 0.2) is 12.1 Å². The summed E-state index contributed by atoms with van der Waals surface area (Å²) in [5.41, 5.74) is 6.92. The fourth-order valence-electron chi connectivity index (χ4n) is 4.88. The molecular weight excluding hydrogens is 394 g/mol. The van der Waals surface area contributed by atoms with E-state index in [-0.39, 0.29) is 6.04 Å². The predicted molar refractivity (Wildman–Crippen MR) is 125 cm³/mol. The van der Waals surface area contributed by atoms with Crippen LogP contribution in [-0.4, -0.2) is 65.2 Å². The SMILES string of the molecule is CC(CCCONC=O)N(C)c1ccc2c(c1N(C)C=O)CCCN2C1CCNCC1. The second kappa shape index (κ2) is 11.3. The molecule has 8 heteroatoms. The average Bonchev–Trinajstić information content (AvgIpc) is 2.82. The van der Waals surface area contributed by atoms with Crippen LogP contribution in [0.2, 0.25) is 0 Å². The van der Waals surface area contributed by atoms with Crippen LogP contribution in [0, 0.1) is 0 Å². The summed E-state index contributed by atoms with van der Waals surface area (Å²) in [6.45, 7) is 5.89. The van der Waals surface area contributed by atoms with Gasteiger partial charge in [0.25, 0.3) is 0 Å². The molecule has 8 nitrogen and oxygen atoms in total. The van der Waals surface area contributed by atoms with Crippen molar-refractivity contribution in [1.82, 2.24) is 10.8 Å². The lowest BCUT2D eigenvalue weighted by Crippen LogP contribution is -2.45. The van der Waals surface area contributed by atoms with Gasteiger partial charge in [0.15, 0.2) is 0 Å². The maximum Gasteiger partial charge on any atom is 0.230 e. The Morgan fingerprint density at radius 1 is 1.29 bits per heavy atom. The number of rotatable bonds is 11. The minimum Gasteiger partial charge on any atom is -0.370 e. The third kappa shape index (κ3) is 5.49. The third-order valence-corrected chi connectivity index (χ3v) is 6.67. The Hall–Kier alpha value is -2.32. The number of carbonyl (C=O) groups is 2. The van der Waals surface area contributed by atoms with Crippen LogP contribution in [0.4, 0.5) is 17.1 Å². The summed E-state index contributed by atoms with van der Waals surface area (Å²) in [7, 11) is 3.94. The van der Waals surface area contributed by atoms with Crippen molar-refractivity contribution < 1.29 is 14.4 Å². The van der Waals surface area contributed by atoms with Gasteiger partial charge in [0.1, 0.15) is 0 Å². The van der Waals surface area contributed by atoms with E-state index in [1.807, 2.05) is 7.05 Å². The standard InChI is InChI=1S/C23H37N5O3/c1-18(6-5-15-31-25-16-29)27(3)22-9-8-21-20(23(22)26(2)17-30)7-4-14-28(21)19-10-12-24-13-11-19/h8-9,16-19,24H,4-7,10-15H2,1-3H3,(H,25,29). The summed E-state index contributed by atoms with van der Waals surface area (Å²) in [6.07, 6.45) is 7.64. The van der Waals surface area contributed by atoms with Gasteiger partial charge in [-0.25, -0.2) is 5.48 Å². The summed E-state index contributed by atoms with van der Waals surface area (Å²) < 4.78 is 0. The number of amides is 2. The van der Waals surface area contributed by atoms with Crippen molar-refractivity contribution in [3.8, 4) is 0 Å². The number of hydrogen-bond donors (Lipinski definition) is 2. The minimum absolute atomic E-state index is 0.265.